The van der Waals surface area contributed by atoms with Crippen molar-refractivity contribution in [3.8, 4) is 0 Å². The average molecular weight is 264 g/mol. The third-order valence-corrected chi connectivity index (χ3v) is 2.91. The Labute approximate surface area is 109 Å². The van der Waals surface area contributed by atoms with Gasteiger partial charge in [0.1, 0.15) is 11.6 Å². The average Bonchev–Trinajstić information content (AvgIpc) is 2.37. The molecule has 0 aliphatic rings. The topological polar surface area (TPSA) is 63.8 Å². The number of benzene rings is 1. The molecular weight excluding hydrogens is 250 g/mol. The van der Waals surface area contributed by atoms with Gasteiger partial charge in [-0.1, -0.05) is 6.07 Å². The van der Waals surface area contributed by atoms with Crippen LogP contribution in [0.5, 0.6) is 0 Å². The summed E-state index contributed by atoms with van der Waals surface area (Å²) in [6.07, 6.45) is 0. The Kier molecular flexibility index (Phi) is 3.82. The zero-order valence-electron chi connectivity index (χ0n) is 10.6. The van der Waals surface area contributed by atoms with Crippen LogP contribution in [0, 0.1) is 25.5 Å². The number of halogens is 2. The maximum Gasteiger partial charge on any atom is 0.131 e. The molecule has 0 aliphatic heterocycles. The van der Waals surface area contributed by atoms with Gasteiger partial charge in [0.25, 0.3) is 0 Å². The number of rotatable bonds is 3. The molecule has 1 unspecified atom stereocenters. The fourth-order valence-corrected chi connectivity index (χ4v) is 1.98. The Morgan fingerprint density at radius 2 is 1.79 bits per heavy atom. The van der Waals surface area contributed by atoms with E-state index in [4.69, 9.17) is 5.84 Å². The van der Waals surface area contributed by atoms with E-state index in [-0.39, 0.29) is 5.56 Å². The Morgan fingerprint density at radius 3 is 2.37 bits per heavy atom. The van der Waals surface area contributed by atoms with E-state index in [0.717, 1.165) is 0 Å². The van der Waals surface area contributed by atoms with Crippen LogP contribution in [0.15, 0.2) is 24.3 Å². The number of aromatic nitrogens is 2. The highest BCUT2D eigenvalue weighted by Gasteiger charge is 2.23. The van der Waals surface area contributed by atoms with Crippen LogP contribution in [0.2, 0.25) is 0 Å². The van der Waals surface area contributed by atoms with Crippen molar-refractivity contribution in [3.63, 3.8) is 0 Å². The van der Waals surface area contributed by atoms with E-state index in [1.54, 1.807) is 19.9 Å². The molecule has 0 fully saturated rings. The number of nitrogens with two attached hydrogens (primary N) is 1. The lowest BCUT2D eigenvalue weighted by Crippen LogP contribution is -2.31. The summed E-state index contributed by atoms with van der Waals surface area (Å²) in [5, 5.41) is 7.83. The fraction of sp³-hybridized carbons (Fsp3) is 0.231. The summed E-state index contributed by atoms with van der Waals surface area (Å²) < 4.78 is 27.7. The standard InChI is InChI=1S/C13H14F2N4/c1-7-6-9(8(2)19-18-7)13(17-16)12-10(14)4-3-5-11(12)15/h3-6,13,17H,16H2,1-2H3. The SMILES string of the molecule is Cc1cc(C(NN)c2c(F)cccc2F)c(C)nn1. The smallest absolute Gasteiger partial charge is 0.131 e. The van der Waals surface area contributed by atoms with Gasteiger partial charge in [0.2, 0.25) is 0 Å². The van der Waals surface area contributed by atoms with Crippen LogP contribution in [0.3, 0.4) is 0 Å². The van der Waals surface area contributed by atoms with Crippen molar-refractivity contribution in [3.05, 3.63) is 58.4 Å². The molecule has 0 aliphatic carbocycles. The van der Waals surface area contributed by atoms with Gasteiger partial charge < -0.3 is 0 Å². The van der Waals surface area contributed by atoms with Crippen LogP contribution in [0.4, 0.5) is 8.78 Å². The molecule has 19 heavy (non-hydrogen) atoms. The largest absolute Gasteiger partial charge is 0.271 e. The summed E-state index contributed by atoms with van der Waals surface area (Å²) in [6.45, 7) is 3.46. The van der Waals surface area contributed by atoms with Gasteiger partial charge in [-0.3, -0.25) is 5.84 Å². The van der Waals surface area contributed by atoms with E-state index in [9.17, 15) is 8.78 Å². The lowest BCUT2D eigenvalue weighted by molar-refractivity contribution is 0.508. The predicted octanol–water partition coefficient (Wildman–Crippen LogP) is 1.92. The van der Waals surface area contributed by atoms with Crippen molar-refractivity contribution in [2.75, 3.05) is 0 Å². The summed E-state index contributed by atoms with van der Waals surface area (Å²) in [6, 6.07) is 4.60. The van der Waals surface area contributed by atoms with Gasteiger partial charge in [-0.15, -0.1) is 0 Å². The fourth-order valence-electron chi connectivity index (χ4n) is 1.98. The Hall–Kier alpha value is -1.92. The van der Waals surface area contributed by atoms with Gasteiger partial charge in [-0.2, -0.15) is 10.2 Å². The zero-order chi connectivity index (χ0) is 14.0. The molecule has 0 spiro atoms. The highest BCUT2D eigenvalue weighted by atomic mass is 19.1. The van der Waals surface area contributed by atoms with E-state index in [1.807, 2.05) is 0 Å². The molecule has 2 aromatic rings. The van der Waals surface area contributed by atoms with Crippen molar-refractivity contribution in [2.45, 2.75) is 19.9 Å². The number of nitrogens with zero attached hydrogens (tertiary/aromatic N) is 2. The van der Waals surface area contributed by atoms with Gasteiger partial charge in [-0.25, -0.2) is 14.2 Å². The van der Waals surface area contributed by atoms with Crippen molar-refractivity contribution in [2.24, 2.45) is 5.84 Å². The molecule has 1 aromatic heterocycles. The third kappa shape index (κ3) is 2.59. The number of hydrogen-bond acceptors (Lipinski definition) is 4. The molecule has 0 saturated heterocycles. The van der Waals surface area contributed by atoms with E-state index < -0.39 is 17.7 Å². The summed E-state index contributed by atoms with van der Waals surface area (Å²) >= 11 is 0. The van der Waals surface area contributed by atoms with Crippen molar-refractivity contribution in [1.29, 1.82) is 0 Å². The molecule has 6 heteroatoms. The molecule has 0 radical (unpaired) electrons. The Balaban J connectivity index is 2.59. The minimum atomic E-state index is -0.810. The van der Waals surface area contributed by atoms with Crippen LogP contribution in [-0.2, 0) is 0 Å². The second-order valence-corrected chi connectivity index (χ2v) is 4.26. The summed E-state index contributed by atoms with van der Waals surface area (Å²) in [4.78, 5) is 0. The number of aryl methyl sites for hydroxylation is 2. The first kappa shape index (κ1) is 13.5. The van der Waals surface area contributed by atoms with E-state index in [1.165, 1.54) is 18.2 Å². The molecule has 0 bridgehead atoms. The number of hydrogen-bond donors (Lipinski definition) is 2. The monoisotopic (exact) mass is 264 g/mol. The maximum absolute atomic E-state index is 13.8. The first-order valence-electron chi connectivity index (χ1n) is 5.75. The molecule has 2 rings (SSSR count). The van der Waals surface area contributed by atoms with Gasteiger partial charge in [0.15, 0.2) is 0 Å². The minimum Gasteiger partial charge on any atom is -0.271 e. The van der Waals surface area contributed by atoms with Crippen LogP contribution < -0.4 is 11.3 Å². The molecule has 0 saturated carbocycles. The third-order valence-electron chi connectivity index (χ3n) is 2.91. The lowest BCUT2D eigenvalue weighted by Gasteiger charge is -2.19. The van der Waals surface area contributed by atoms with E-state index in [0.29, 0.717) is 17.0 Å². The summed E-state index contributed by atoms with van der Waals surface area (Å²) in [7, 11) is 0. The zero-order valence-corrected chi connectivity index (χ0v) is 10.6. The molecular formula is C13H14F2N4. The van der Waals surface area contributed by atoms with Gasteiger partial charge in [0.05, 0.1) is 17.4 Å². The van der Waals surface area contributed by atoms with Crippen LogP contribution in [-0.4, -0.2) is 10.2 Å². The first-order chi connectivity index (χ1) is 9.04. The predicted molar refractivity (Wildman–Crippen MR) is 67.0 cm³/mol. The highest BCUT2D eigenvalue weighted by molar-refractivity contribution is 5.35. The Morgan fingerprint density at radius 1 is 1.16 bits per heavy atom. The second-order valence-electron chi connectivity index (χ2n) is 4.26. The minimum absolute atomic E-state index is 0.125. The highest BCUT2D eigenvalue weighted by Crippen LogP contribution is 2.27. The maximum atomic E-state index is 13.8. The van der Waals surface area contributed by atoms with Crippen molar-refractivity contribution in [1.82, 2.24) is 15.6 Å². The molecule has 3 N–H and O–H groups in total. The van der Waals surface area contributed by atoms with Gasteiger partial charge in [0, 0.05) is 5.56 Å². The quantitative estimate of drug-likeness (QED) is 0.656. The van der Waals surface area contributed by atoms with Crippen molar-refractivity contribution < 1.29 is 8.78 Å². The molecule has 100 valence electrons. The molecule has 1 heterocycles. The molecule has 0 amide bonds. The Bertz CT molecular complexity index is 581. The molecule has 4 nitrogen and oxygen atoms in total. The lowest BCUT2D eigenvalue weighted by atomic mass is 9.97. The van der Waals surface area contributed by atoms with E-state index >= 15 is 0 Å². The number of nitrogens with one attached hydrogen (secondary N) is 1. The van der Waals surface area contributed by atoms with E-state index in [2.05, 4.69) is 15.6 Å². The second kappa shape index (κ2) is 5.38. The van der Waals surface area contributed by atoms with Crippen LogP contribution >= 0.6 is 0 Å². The molecule has 1 aromatic carbocycles. The molecule has 1 atom stereocenters. The summed E-state index contributed by atoms with van der Waals surface area (Å²) in [5.74, 6) is 4.15. The van der Waals surface area contributed by atoms with Gasteiger partial charge in [-0.05, 0) is 37.6 Å². The van der Waals surface area contributed by atoms with Crippen LogP contribution in [0.1, 0.15) is 28.6 Å². The summed E-state index contributed by atoms with van der Waals surface area (Å²) in [5.41, 5.74) is 4.12. The first-order valence-corrected chi connectivity index (χ1v) is 5.75. The normalized spacial score (nSPS) is 12.5. The van der Waals surface area contributed by atoms with Crippen LogP contribution in [0.25, 0.3) is 0 Å². The van der Waals surface area contributed by atoms with Crippen molar-refractivity contribution >= 4 is 0 Å². The number of hydrazine groups is 1. The van der Waals surface area contributed by atoms with Gasteiger partial charge >= 0.3 is 0 Å².